The molecule has 1 aromatic heterocycles. The number of carbonyl (C=O) groups excluding carboxylic acids is 1. The molecule has 0 aliphatic carbocycles. The molecule has 1 N–H and O–H groups in total. The van der Waals surface area contributed by atoms with Gasteiger partial charge in [-0.3, -0.25) is 4.79 Å². The van der Waals surface area contributed by atoms with Gasteiger partial charge in [0, 0.05) is 19.5 Å². The van der Waals surface area contributed by atoms with Crippen LogP contribution < -0.4 is 5.32 Å². The lowest BCUT2D eigenvalue weighted by atomic mass is 9.90. The van der Waals surface area contributed by atoms with Crippen LogP contribution in [0.5, 0.6) is 0 Å². The van der Waals surface area contributed by atoms with Crippen molar-refractivity contribution >= 4 is 5.91 Å². The van der Waals surface area contributed by atoms with Crippen molar-refractivity contribution < 1.29 is 4.79 Å². The van der Waals surface area contributed by atoms with Gasteiger partial charge in [-0.05, 0) is 0 Å². The minimum absolute atomic E-state index is 0.0763. The van der Waals surface area contributed by atoms with Gasteiger partial charge in [-0.25, -0.2) is 4.98 Å². The molecule has 0 aliphatic rings. The summed E-state index contributed by atoms with van der Waals surface area (Å²) >= 11 is 0. The second-order valence-electron chi connectivity index (χ2n) is 4.38. The van der Waals surface area contributed by atoms with Crippen LogP contribution in [0.4, 0.5) is 0 Å². The molecule has 78 valence electrons. The maximum atomic E-state index is 11.5. The molecule has 4 heteroatoms. The van der Waals surface area contributed by atoms with Gasteiger partial charge in [-0.1, -0.05) is 20.8 Å². The number of hydrogen-bond acceptors (Lipinski definition) is 2. The van der Waals surface area contributed by atoms with E-state index in [9.17, 15) is 4.79 Å². The summed E-state index contributed by atoms with van der Waals surface area (Å²) < 4.78 is 1.89. The highest BCUT2D eigenvalue weighted by atomic mass is 16.1. The van der Waals surface area contributed by atoms with Crippen LogP contribution in [0.3, 0.4) is 0 Å². The van der Waals surface area contributed by atoms with Crippen LogP contribution in [0.2, 0.25) is 0 Å². The zero-order valence-electron chi connectivity index (χ0n) is 9.38. The van der Waals surface area contributed by atoms with Crippen molar-refractivity contribution in [2.75, 3.05) is 7.05 Å². The molecule has 0 unspecified atom stereocenters. The van der Waals surface area contributed by atoms with Crippen LogP contribution in [0.25, 0.3) is 0 Å². The van der Waals surface area contributed by atoms with E-state index in [2.05, 4.69) is 31.1 Å². The van der Waals surface area contributed by atoms with Gasteiger partial charge in [0.2, 0.25) is 0 Å². The van der Waals surface area contributed by atoms with Gasteiger partial charge in [-0.2, -0.15) is 0 Å². The third-order valence-electron chi connectivity index (χ3n) is 2.09. The predicted molar refractivity (Wildman–Crippen MR) is 55.3 cm³/mol. The fourth-order valence-corrected chi connectivity index (χ4v) is 1.60. The summed E-state index contributed by atoms with van der Waals surface area (Å²) in [6, 6.07) is 0. The Hall–Kier alpha value is -1.32. The Morgan fingerprint density at radius 2 is 2.07 bits per heavy atom. The van der Waals surface area contributed by atoms with Crippen LogP contribution in [-0.2, 0) is 12.5 Å². The number of nitrogens with zero attached hydrogens (tertiary/aromatic N) is 2. The SMILES string of the molecule is CNC(=O)c1ncn(C)c1C(C)(C)C. The van der Waals surface area contributed by atoms with Crippen molar-refractivity contribution in [1.82, 2.24) is 14.9 Å². The van der Waals surface area contributed by atoms with E-state index >= 15 is 0 Å². The molecule has 1 amide bonds. The topological polar surface area (TPSA) is 46.9 Å². The summed E-state index contributed by atoms with van der Waals surface area (Å²) in [7, 11) is 3.52. The molecule has 0 aromatic carbocycles. The largest absolute Gasteiger partial charge is 0.354 e. The monoisotopic (exact) mass is 195 g/mol. The van der Waals surface area contributed by atoms with Gasteiger partial charge in [0.1, 0.15) is 5.69 Å². The molecule has 0 aliphatic heterocycles. The van der Waals surface area contributed by atoms with Gasteiger partial charge in [0.15, 0.2) is 0 Å². The number of imidazole rings is 1. The highest BCUT2D eigenvalue weighted by molar-refractivity contribution is 5.93. The van der Waals surface area contributed by atoms with Gasteiger partial charge in [0.05, 0.1) is 12.0 Å². The number of hydrogen-bond donors (Lipinski definition) is 1. The summed E-state index contributed by atoms with van der Waals surface area (Å²) in [5.41, 5.74) is 1.40. The first-order chi connectivity index (χ1) is 6.38. The lowest BCUT2D eigenvalue weighted by Crippen LogP contribution is -2.25. The summed E-state index contributed by atoms with van der Waals surface area (Å²) in [5.74, 6) is -0.129. The first-order valence-electron chi connectivity index (χ1n) is 4.61. The van der Waals surface area contributed by atoms with E-state index in [0.29, 0.717) is 5.69 Å². The quantitative estimate of drug-likeness (QED) is 0.728. The summed E-state index contributed by atoms with van der Waals surface area (Å²) in [6.45, 7) is 6.20. The van der Waals surface area contributed by atoms with Crippen molar-refractivity contribution in [2.24, 2.45) is 7.05 Å². The number of aryl methyl sites for hydroxylation is 1. The fourth-order valence-electron chi connectivity index (χ4n) is 1.60. The van der Waals surface area contributed by atoms with E-state index in [1.54, 1.807) is 13.4 Å². The van der Waals surface area contributed by atoms with Crippen LogP contribution in [0, 0.1) is 0 Å². The van der Waals surface area contributed by atoms with Gasteiger partial charge in [0.25, 0.3) is 5.91 Å². The number of aromatic nitrogens is 2. The highest BCUT2D eigenvalue weighted by Crippen LogP contribution is 2.24. The molecule has 0 spiro atoms. The van der Waals surface area contributed by atoms with Crippen molar-refractivity contribution in [3.8, 4) is 0 Å². The normalized spacial score (nSPS) is 11.5. The van der Waals surface area contributed by atoms with Gasteiger partial charge >= 0.3 is 0 Å². The number of nitrogens with one attached hydrogen (secondary N) is 1. The third kappa shape index (κ3) is 1.78. The van der Waals surface area contributed by atoms with Crippen molar-refractivity contribution in [2.45, 2.75) is 26.2 Å². The minimum atomic E-state index is -0.129. The third-order valence-corrected chi connectivity index (χ3v) is 2.09. The molecule has 4 nitrogen and oxygen atoms in total. The first-order valence-corrected chi connectivity index (χ1v) is 4.61. The lowest BCUT2D eigenvalue weighted by Gasteiger charge is -2.20. The second kappa shape index (κ2) is 3.44. The molecule has 1 rings (SSSR count). The van der Waals surface area contributed by atoms with Crippen LogP contribution in [0.15, 0.2) is 6.33 Å². The molecule has 0 atom stereocenters. The maximum Gasteiger partial charge on any atom is 0.271 e. The molecular weight excluding hydrogens is 178 g/mol. The number of rotatable bonds is 1. The van der Waals surface area contributed by atoms with Crippen molar-refractivity contribution in [3.05, 3.63) is 17.7 Å². The van der Waals surface area contributed by atoms with E-state index in [4.69, 9.17) is 0 Å². The van der Waals surface area contributed by atoms with Crippen LogP contribution in [0.1, 0.15) is 37.0 Å². The second-order valence-corrected chi connectivity index (χ2v) is 4.38. The zero-order valence-corrected chi connectivity index (χ0v) is 9.38. The maximum absolute atomic E-state index is 11.5. The Morgan fingerprint density at radius 3 is 2.50 bits per heavy atom. The molecule has 14 heavy (non-hydrogen) atoms. The van der Waals surface area contributed by atoms with E-state index in [1.165, 1.54) is 0 Å². The molecular formula is C10H17N3O. The highest BCUT2D eigenvalue weighted by Gasteiger charge is 2.25. The molecule has 0 radical (unpaired) electrons. The molecule has 1 heterocycles. The van der Waals surface area contributed by atoms with Crippen molar-refractivity contribution in [1.29, 1.82) is 0 Å². The molecule has 1 aromatic rings. The molecule has 0 bridgehead atoms. The Kier molecular flexibility index (Phi) is 2.64. The standard InChI is InChI=1S/C10H17N3O/c1-10(2,3)8-7(9(14)11-4)12-6-13(8)5/h6H,1-5H3,(H,11,14). The minimum Gasteiger partial charge on any atom is -0.354 e. The van der Waals surface area contributed by atoms with Crippen molar-refractivity contribution in [3.63, 3.8) is 0 Å². The zero-order chi connectivity index (χ0) is 10.9. The van der Waals surface area contributed by atoms with E-state index < -0.39 is 0 Å². The fraction of sp³-hybridized carbons (Fsp3) is 0.600. The molecule has 0 saturated heterocycles. The van der Waals surface area contributed by atoms with E-state index in [1.807, 2.05) is 11.6 Å². The summed E-state index contributed by atoms with van der Waals surface area (Å²) in [6.07, 6.45) is 1.67. The smallest absolute Gasteiger partial charge is 0.271 e. The number of carbonyl (C=O) groups is 1. The first kappa shape index (κ1) is 10.8. The summed E-state index contributed by atoms with van der Waals surface area (Å²) in [4.78, 5) is 15.6. The van der Waals surface area contributed by atoms with Crippen LogP contribution in [-0.4, -0.2) is 22.5 Å². The summed E-state index contributed by atoms with van der Waals surface area (Å²) in [5, 5.41) is 2.59. The molecule has 0 saturated carbocycles. The number of amides is 1. The average Bonchev–Trinajstić information content (AvgIpc) is 2.44. The molecule has 0 fully saturated rings. The Labute approximate surface area is 84.3 Å². The Morgan fingerprint density at radius 1 is 1.50 bits per heavy atom. The predicted octanol–water partition coefficient (Wildman–Crippen LogP) is 1.08. The van der Waals surface area contributed by atoms with Crippen LogP contribution >= 0.6 is 0 Å². The van der Waals surface area contributed by atoms with E-state index in [0.717, 1.165) is 5.69 Å². The Bertz CT molecular complexity index is 347. The Balaban J connectivity index is 3.27. The van der Waals surface area contributed by atoms with E-state index in [-0.39, 0.29) is 11.3 Å². The van der Waals surface area contributed by atoms with Gasteiger partial charge in [-0.15, -0.1) is 0 Å². The lowest BCUT2D eigenvalue weighted by molar-refractivity contribution is 0.0956. The average molecular weight is 195 g/mol. The van der Waals surface area contributed by atoms with Gasteiger partial charge < -0.3 is 9.88 Å².